The minimum absolute atomic E-state index is 0.246. The van der Waals surface area contributed by atoms with Crippen LogP contribution in [0.3, 0.4) is 0 Å². The van der Waals surface area contributed by atoms with Crippen molar-refractivity contribution in [2.75, 3.05) is 10.5 Å². The predicted octanol–water partition coefficient (Wildman–Crippen LogP) is 2.97. The molecule has 1 atom stereocenters. The van der Waals surface area contributed by atoms with E-state index >= 15 is 0 Å². The van der Waals surface area contributed by atoms with Crippen molar-refractivity contribution in [2.24, 2.45) is 5.41 Å². The average molecular weight is 286 g/mol. The highest BCUT2D eigenvalue weighted by Crippen LogP contribution is 2.33. The second-order valence-electron chi connectivity index (χ2n) is 5.37. The normalized spacial score (nSPS) is 19.5. The van der Waals surface area contributed by atoms with Gasteiger partial charge in [-0.05, 0) is 18.2 Å². The van der Waals surface area contributed by atoms with Gasteiger partial charge in [0.1, 0.15) is 0 Å². The number of ether oxygens (including phenoxy) is 1. The summed E-state index contributed by atoms with van der Waals surface area (Å²) in [7, 11) is 0. The minimum Gasteiger partial charge on any atom is -0.427 e. The molecule has 0 bridgehead atoms. The molecule has 1 aromatic carbocycles. The molecule has 6 nitrogen and oxygen atoms in total. The van der Waals surface area contributed by atoms with Crippen molar-refractivity contribution >= 4 is 29.1 Å². The summed E-state index contributed by atoms with van der Waals surface area (Å²) >= 11 is 5.83. The van der Waals surface area contributed by atoms with E-state index < -0.39 is 12.3 Å². The molecule has 1 fully saturated rings. The molecule has 0 aromatic heterocycles. The van der Waals surface area contributed by atoms with Crippen molar-refractivity contribution in [1.29, 1.82) is 0 Å². The number of halogens is 1. The number of hydrogen-bond acceptors (Lipinski definition) is 5. The lowest BCUT2D eigenvalue weighted by Crippen LogP contribution is -2.43. The highest BCUT2D eigenvalue weighted by molar-refractivity contribution is 6.31. The maximum absolute atomic E-state index is 11.9. The first kappa shape index (κ1) is 13.9. The van der Waals surface area contributed by atoms with Crippen molar-refractivity contribution in [1.82, 2.24) is 5.43 Å². The zero-order valence-corrected chi connectivity index (χ0v) is 11.7. The fourth-order valence-electron chi connectivity index (χ4n) is 1.68. The number of nitrogens with one attached hydrogen (secondary N) is 2. The molecular weight excluding hydrogens is 270 g/mol. The van der Waals surface area contributed by atoms with Crippen LogP contribution in [0.5, 0.6) is 0 Å². The summed E-state index contributed by atoms with van der Waals surface area (Å²) in [6.45, 7) is 5.86. The van der Waals surface area contributed by atoms with Gasteiger partial charge >= 0.3 is 6.09 Å². The summed E-state index contributed by atoms with van der Waals surface area (Å²) in [6.07, 6.45) is -0.971. The number of cyclic esters (lactones) is 1. The summed E-state index contributed by atoms with van der Waals surface area (Å²) < 4.78 is 5.26. The van der Waals surface area contributed by atoms with Gasteiger partial charge < -0.3 is 4.74 Å². The number of benzene rings is 1. The Morgan fingerprint density at radius 1 is 1.47 bits per heavy atom. The Balaban J connectivity index is 2.31. The summed E-state index contributed by atoms with van der Waals surface area (Å²) in [5, 5.41) is 10.8. The maximum atomic E-state index is 11.9. The van der Waals surface area contributed by atoms with Crippen LogP contribution in [-0.4, -0.2) is 17.5 Å². The lowest BCUT2D eigenvalue weighted by atomic mass is 9.95. The van der Waals surface area contributed by atoms with Gasteiger partial charge in [-0.15, -0.1) is 0 Å². The Kier molecular flexibility index (Phi) is 3.58. The number of carbonyl (C=O) groups excluding carboxylic acids is 1. The number of nitrogens with zero attached hydrogens (tertiary/aromatic N) is 1. The first-order chi connectivity index (χ1) is 8.82. The van der Waals surface area contributed by atoms with Crippen LogP contribution in [0.15, 0.2) is 18.2 Å². The van der Waals surface area contributed by atoms with Gasteiger partial charge in [-0.3, -0.25) is 10.7 Å². The van der Waals surface area contributed by atoms with Gasteiger partial charge in [0, 0.05) is 10.4 Å². The van der Waals surface area contributed by atoms with E-state index in [1.165, 1.54) is 11.1 Å². The lowest BCUT2D eigenvalue weighted by Gasteiger charge is -2.25. The van der Waals surface area contributed by atoms with Crippen LogP contribution >= 0.6 is 11.6 Å². The van der Waals surface area contributed by atoms with Crippen molar-refractivity contribution < 1.29 is 14.7 Å². The SMILES string of the molecule is CC(C)(C)C1NN(c2ccc(Cl)cc2NO)C(=O)O1. The molecule has 0 spiro atoms. The zero-order chi connectivity index (χ0) is 14.2. The molecule has 1 amide bonds. The third-order valence-electron chi connectivity index (χ3n) is 2.75. The van der Waals surface area contributed by atoms with Crippen molar-refractivity contribution in [3.63, 3.8) is 0 Å². The van der Waals surface area contributed by atoms with E-state index in [9.17, 15) is 4.79 Å². The molecule has 7 heteroatoms. The van der Waals surface area contributed by atoms with Gasteiger partial charge in [-0.25, -0.2) is 9.80 Å². The Morgan fingerprint density at radius 3 is 2.68 bits per heavy atom. The number of hydrazine groups is 1. The molecule has 104 valence electrons. The smallest absolute Gasteiger partial charge is 0.427 e. The first-order valence-corrected chi connectivity index (χ1v) is 6.17. The maximum Gasteiger partial charge on any atom is 0.430 e. The Hall–Kier alpha value is -1.50. The van der Waals surface area contributed by atoms with E-state index in [1.807, 2.05) is 26.3 Å². The van der Waals surface area contributed by atoms with Gasteiger partial charge in [0.2, 0.25) is 0 Å². The fourth-order valence-corrected chi connectivity index (χ4v) is 1.85. The molecule has 0 radical (unpaired) electrons. The van der Waals surface area contributed by atoms with Crippen LogP contribution in [-0.2, 0) is 4.74 Å². The monoisotopic (exact) mass is 285 g/mol. The molecule has 0 aliphatic carbocycles. The zero-order valence-electron chi connectivity index (χ0n) is 10.9. The predicted molar refractivity (Wildman–Crippen MR) is 72.2 cm³/mol. The topological polar surface area (TPSA) is 73.8 Å². The van der Waals surface area contributed by atoms with E-state index in [0.717, 1.165) is 0 Å². The van der Waals surface area contributed by atoms with Crippen LogP contribution in [0.25, 0.3) is 0 Å². The van der Waals surface area contributed by atoms with Crippen molar-refractivity contribution in [3.05, 3.63) is 23.2 Å². The van der Waals surface area contributed by atoms with Gasteiger partial charge in [-0.1, -0.05) is 32.4 Å². The lowest BCUT2D eigenvalue weighted by molar-refractivity contribution is 0.0523. The summed E-state index contributed by atoms with van der Waals surface area (Å²) in [5.74, 6) is 0. The third-order valence-corrected chi connectivity index (χ3v) is 2.99. The molecule has 1 unspecified atom stereocenters. The van der Waals surface area contributed by atoms with Crippen LogP contribution in [0.1, 0.15) is 20.8 Å². The molecule has 0 saturated carbocycles. The highest BCUT2D eigenvalue weighted by atomic mass is 35.5. The van der Waals surface area contributed by atoms with Gasteiger partial charge in [0.05, 0.1) is 11.4 Å². The third kappa shape index (κ3) is 2.75. The molecule has 19 heavy (non-hydrogen) atoms. The van der Waals surface area contributed by atoms with E-state index in [4.69, 9.17) is 21.5 Å². The van der Waals surface area contributed by atoms with Gasteiger partial charge in [-0.2, -0.15) is 5.43 Å². The van der Waals surface area contributed by atoms with E-state index in [0.29, 0.717) is 16.4 Å². The van der Waals surface area contributed by atoms with Crippen LogP contribution in [0.4, 0.5) is 16.2 Å². The van der Waals surface area contributed by atoms with Crippen LogP contribution in [0, 0.1) is 5.41 Å². The fraction of sp³-hybridized carbons (Fsp3) is 0.417. The molecule has 2 rings (SSSR count). The molecule has 1 aliphatic rings. The minimum atomic E-state index is -0.529. The van der Waals surface area contributed by atoms with Gasteiger partial charge in [0.15, 0.2) is 6.23 Å². The van der Waals surface area contributed by atoms with Crippen molar-refractivity contribution in [2.45, 2.75) is 27.0 Å². The van der Waals surface area contributed by atoms with Crippen molar-refractivity contribution in [3.8, 4) is 0 Å². The standard InChI is InChI=1S/C12H16ClN3O3/c1-12(2,3)10-14-16(11(17)19-10)9-5-4-7(13)6-8(9)15-18/h4-6,10,14-15,18H,1-3H3. The van der Waals surface area contributed by atoms with Crippen LogP contribution < -0.4 is 15.9 Å². The number of rotatable bonds is 2. The molecule has 1 aromatic rings. The summed E-state index contributed by atoms with van der Waals surface area (Å²) in [4.78, 5) is 11.9. The molecule has 3 N–H and O–H groups in total. The second kappa shape index (κ2) is 4.88. The summed E-state index contributed by atoms with van der Waals surface area (Å²) in [6, 6.07) is 4.74. The number of carbonyl (C=O) groups is 1. The van der Waals surface area contributed by atoms with E-state index in [2.05, 4.69) is 5.43 Å². The number of amides is 1. The van der Waals surface area contributed by atoms with Gasteiger partial charge in [0.25, 0.3) is 0 Å². The molecule has 1 saturated heterocycles. The Bertz CT molecular complexity index is 501. The van der Waals surface area contributed by atoms with Crippen LogP contribution in [0.2, 0.25) is 5.02 Å². The molecule has 1 aliphatic heterocycles. The Morgan fingerprint density at radius 2 is 2.16 bits per heavy atom. The summed E-state index contributed by atoms with van der Waals surface area (Å²) in [5.41, 5.74) is 5.47. The number of anilines is 2. The quantitative estimate of drug-likeness (QED) is 0.729. The highest BCUT2D eigenvalue weighted by Gasteiger charge is 2.39. The molecule has 1 heterocycles. The largest absolute Gasteiger partial charge is 0.430 e. The average Bonchev–Trinajstić information content (AvgIpc) is 2.71. The number of hydrogen-bond donors (Lipinski definition) is 3. The van der Waals surface area contributed by atoms with E-state index in [-0.39, 0.29) is 5.41 Å². The first-order valence-electron chi connectivity index (χ1n) is 5.79. The second-order valence-corrected chi connectivity index (χ2v) is 5.80. The molecular formula is C12H16ClN3O3. The van der Waals surface area contributed by atoms with E-state index in [1.54, 1.807) is 12.1 Å². The Labute approximate surface area is 116 Å².